The van der Waals surface area contributed by atoms with Crippen molar-refractivity contribution in [3.8, 4) is 5.75 Å². The molecule has 0 amide bonds. The van der Waals surface area contributed by atoms with Gasteiger partial charge in [-0.05, 0) is 30.3 Å². The van der Waals surface area contributed by atoms with Crippen LogP contribution in [0, 0.1) is 17.0 Å². The van der Waals surface area contributed by atoms with Crippen LogP contribution < -0.4 is 10.5 Å². The van der Waals surface area contributed by atoms with Crippen molar-refractivity contribution in [1.82, 2.24) is 0 Å². The minimum absolute atomic E-state index is 0.0883. The average Bonchev–Trinajstić information content (AvgIpc) is 2.39. The monoisotopic (exact) mass is 340 g/mol. The number of hydrogen-bond donors (Lipinski definition) is 2. The van der Waals surface area contributed by atoms with E-state index in [1.54, 1.807) is 12.1 Å². The summed E-state index contributed by atoms with van der Waals surface area (Å²) in [7, 11) is 0. The first-order valence-electron chi connectivity index (χ1n) is 5.68. The van der Waals surface area contributed by atoms with Gasteiger partial charge in [-0.3, -0.25) is 5.41 Å². The zero-order valence-corrected chi connectivity index (χ0v) is 11.9. The third-order valence-corrected chi connectivity index (χ3v) is 3.13. The van der Waals surface area contributed by atoms with Crippen LogP contribution >= 0.6 is 15.9 Å². The van der Waals surface area contributed by atoms with Gasteiger partial charge in [-0.2, -0.15) is 0 Å². The fraction of sp³-hybridized carbons (Fsp3) is 0.0714. The summed E-state index contributed by atoms with van der Waals surface area (Å²) in [4.78, 5) is 0. The van der Waals surface area contributed by atoms with Gasteiger partial charge in [0.2, 0.25) is 0 Å². The summed E-state index contributed by atoms with van der Waals surface area (Å²) in [6.07, 6.45) is 0. The first kappa shape index (κ1) is 14.5. The quantitative estimate of drug-likeness (QED) is 0.660. The minimum atomic E-state index is -0.648. The highest BCUT2D eigenvalue weighted by atomic mass is 79.9. The van der Waals surface area contributed by atoms with Gasteiger partial charge < -0.3 is 10.5 Å². The Labute approximate surface area is 123 Å². The van der Waals surface area contributed by atoms with Gasteiger partial charge in [0.1, 0.15) is 29.8 Å². The van der Waals surface area contributed by atoms with Crippen molar-refractivity contribution in [2.75, 3.05) is 0 Å². The summed E-state index contributed by atoms with van der Waals surface area (Å²) in [6, 6.07) is 8.55. The predicted molar refractivity (Wildman–Crippen MR) is 75.8 cm³/mol. The van der Waals surface area contributed by atoms with Gasteiger partial charge in [0, 0.05) is 10.0 Å². The normalized spacial score (nSPS) is 10.3. The molecule has 0 aliphatic carbocycles. The summed E-state index contributed by atoms with van der Waals surface area (Å²) in [6.45, 7) is -0.0883. The predicted octanol–water partition coefficient (Wildman–Crippen LogP) is 3.59. The molecule has 20 heavy (non-hydrogen) atoms. The molecule has 0 saturated carbocycles. The highest BCUT2D eigenvalue weighted by molar-refractivity contribution is 9.10. The van der Waals surface area contributed by atoms with E-state index in [1.807, 2.05) is 0 Å². The van der Waals surface area contributed by atoms with Gasteiger partial charge in [-0.15, -0.1) is 0 Å². The van der Waals surface area contributed by atoms with E-state index >= 15 is 0 Å². The Bertz CT molecular complexity index is 662. The number of amidine groups is 1. The van der Waals surface area contributed by atoms with Crippen molar-refractivity contribution in [3.63, 3.8) is 0 Å². The fourth-order valence-corrected chi connectivity index (χ4v) is 2.10. The van der Waals surface area contributed by atoms with Gasteiger partial charge in [0.25, 0.3) is 0 Å². The van der Waals surface area contributed by atoms with Crippen molar-refractivity contribution in [1.29, 1.82) is 5.41 Å². The lowest BCUT2D eigenvalue weighted by molar-refractivity contribution is 0.297. The number of nitrogen functional groups attached to an aromatic ring is 1. The Balaban J connectivity index is 2.25. The van der Waals surface area contributed by atoms with E-state index in [9.17, 15) is 8.78 Å². The van der Waals surface area contributed by atoms with E-state index in [2.05, 4.69) is 15.9 Å². The molecule has 0 bridgehead atoms. The standard InChI is InChI=1S/C14H11BrF2N2O/c15-9-4-5-10(16)8(6-9)7-20-12-3-1-2-11(17)13(12)14(18)19/h1-6H,7H2,(H3,18,19). The highest BCUT2D eigenvalue weighted by Crippen LogP contribution is 2.23. The van der Waals surface area contributed by atoms with E-state index in [0.717, 1.165) is 0 Å². The van der Waals surface area contributed by atoms with E-state index in [-0.39, 0.29) is 17.9 Å². The molecule has 2 rings (SSSR count). The average molecular weight is 341 g/mol. The number of rotatable bonds is 4. The molecule has 0 atom stereocenters. The first-order valence-corrected chi connectivity index (χ1v) is 6.48. The number of halogens is 3. The zero-order chi connectivity index (χ0) is 14.7. The fourth-order valence-electron chi connectivity index (χ4n) is 1.70. The molecule has 0 aliphatic rings. The Morgan fingerprint density at radius 3 is 2.65 bits per heavy atom. The van der Waals surface area contributed by atoms with Gasteiger partial charge in [-0.25, -0.2) is 8.78 Å². The molecule has 0 unspecified atom stereocenters. The third kappa shape index (κ3) is 3.14. The number of nitrogens with two attached hydrogens (primary N) is 1. The summed E-state index contributed by atoms with van der Waals surface area (Å²) >= 11 is 3.24. The second-order valence-corrected chi connectivity index (χ2v) is 4.97. The lowest BCUT2D eigenvalue weighted by Gasteiger charge is -2.12. The van der Waals surface area contributed by atoms with Crippen molar-refractivity contribution in [2.45, 2.75) is 6.61 Å². The lowest BCUT2D eigenvalue weighted by Crippen LogP contribution is -2.15. The molecule has 0 fully saturated rings. The Kier molecular flexibility index (Phi) is 4.34. The van der Waals surface area contributed by atoms with Crippen molar-refractivity contribution in [2.24, 2.45) is 5.73 Å². The minimum Gasteiger partial charge on any atom is -0.488 e. The van der Waals surface area contributed by atoms with E-state index in [0.29, 0.717) is 10.0 Å². The number of hydrogen-bond acceptors (Lipinski definition) is 2. The lowest BCUT2D eigenvalue weighted by atomic mass is 10.1. The van der Waals surface area contributed by atoms with Crippen molar-refractivity contribution < 1.29 is 13.5 Å². The molecule has 104 valence electrons. The summed E-state index contributed by atoms with van der Waals surface area (Å²) < 4.78 is 33.2. The maximum absolute atomic E-state index is 13.6. The molecule has 0 saturated heterocycles. The Hall–Kier alpha value is -1.95. The van der Waals surface area contributed by atoms with Gasteiger partial charge in [0.05, 0.1) is 5.56 Å². The maximum atomic E-state index is 13.6. The van der Waals surface area contributed by atoms with Crippen LogP contribution in [0.15, 0.2) is 40.9 Å². The summed E-state index contributed by atoms with van der Waals surface area (Å²) in [5, 5.41) is 7.35. The Morgan fingerprint density at radius 2 is 1.95 bits per heavy atom. The molecule has 0 spiro atoms. The molecular formula is C14H11BrF2N2O. The second-order valence-electron chi connectivity index (χ2n) is 4.05. The number of benzene rings is 2. The van der Waals surface area contributed by atoms with E-state index in [1.165, 1.54) is 24.3 Å². The summed E-state index contributed by atoms with van der Waals surface area (Å²) in [5.74, 6) is -1.40. The third-order valence-electron chi connectivity index (χ3n) is 2.64. The van der Waals surface area contributed by atoms with Gasteiger partial charge in [-0.1, -0.05) is 22.0 Å². The zero-order valence-electron chi connectivity index (χ0n) is 10.3. The molecule has 3 N–H and O–H groups in total. The van der Waals surface area contributed by atoms with Gasteiger partial charge in [0.15, 0.2) is 0 Å². The van der Waals surface area contributed by atoms with Gasteiger partial charge >= 0.3 is 0 Å². The molecule has 0 aliphatic heterocycles. The highest BCUT2D eigenvalue weighted by Gasteiger charge is 2.13. The molecule has 0 aromatic heterocycles. The molecule has 6 heteroatoms. The van der Waals surface area contributed by atoms with Crippen molar-refractivity contribution >= 4 is 21.8 Å². The van der Waals surface area contributed by atoms with Crippen LogP contribution in [0.2, 0.25) is 0 Å². The number of ether oxygens (including phenoxy) is 1. The Morgan fingerprint density at radius 1 is 1.20 bits per heavy atom. The second kappa shape index (κ2) is 6.00. The maximum Gasteiger partial charge on any atom is 0.137 e. The van der Waals surface area contributed by atoms with Crippen LogP contribution in [-0.2, 0) is 6.61 Å². The first-order chi connectivity index (χ1) is 9.49. The molecule has 3 nitrogen and oxygen atoms in total. The van der Waals surface area contributed by atoms with E-state index < -0.39 is 17.5 Å². The van der Waals surface area contributed by atoms with Crippen LogP contribution in [0.5, 0.6) is 5.75 Å². The molecule has 2 aromatic rings. The molecule has 0 heterocycles. The molecule has 2 aromatic carbocycles. The van der Waals surface area contributed by atoms with E-state index in [4.69, 9.17) is 15.9 Å². The summed E-state index contributed by atoms with van der Waals surface area (Å²) in [5.41, 5.74) is 5.52. The topological polar surface area (TPSA) is 59.1 Å². The molecule has 0 radical (unpaired) electrons. The molecular weight excluding hydrogens is 330 g/mol. The van der Waals surface area contributed by atoms with Crippen LogP contribution in [0.4, 0.5) is 8.78 Å². The van der Waals surface area contributed by atoms with Crippen LogP contribution in [0.1, 0.15) is 11.1 Å². The largest absolute Gasteiger partial charge is 0.488 e. The smallest absolute Gasteiger partial charge is 0.137 e. The number of nitrogens with one attached hydrogen (secondary N) is 1. The van der Waals surface area contributed by atoms with Crippen molar-refractivity contribution in [3.05, 3.63) is 63.6 Å². The van der Waals surface area contributed by atoms with Crippen LogP contribution in [0.25, 0.3) is 0 Å². The van der Waals surface area contributed by atoms with Crippen LogP contribution in [0.3, 0.4) is 0 Å². The van der Waals surface area contributed by atoms with Crippen LogP contribution in [-0.4, -0.2) is 5.84 Å². The SMILES string of the molecule is N=C(N)c1c(F)cccc1OCc1cc(Br)ccc1F.